The van der Waals surface area contributed by atoms with E-state index in [0.717, 1.165) is 13.0 Å². The molecule has 0 spiro atoms. The highest BCUT2D eigenvalue weighted by atomic mass is 127. The average Bonchev–Trinajstić information content (AvgIpc) is 2.45. The lowest BCUT2D eigenvalue weighted by Gasteiger charge is -2.14. The molecule has 2 N–H and O–H groups in total. The summed E-state index contributed by atoms with van der Waals surface area (Å²) in [6.07, 6.45) is 0.189. The number of rotatable bonds is 8. The van der Waals surface area contributed by atoms with Crippen LogP contribution in [0.1, 0.15) is 18.9 Å². The summed E-state index contributed by atoms with van der Waals surface area (Å²) in [7, 11) is 0. The predicted octanol–water partition coefficient (Wildman–Crippen LogP) is 1.81. The number of aliphatic hydroxyl groups is 1. The molecule has 21 heavy (non-hydrogen) atoms. The minimum absolute atomic E-state index is 0.0561. The SMILES string of the molecule is CCCNCC(O)COc1c(I)cc(C#N)cc1[N+](=O)[O-]. The summed E-state index contributed by atoms with van der Waals surface area (Å²) >= 11 is 1.87. The van der Waals surface area contributed by atoms with Crippen molar-refractivity contribution in [3.8, 4) is 11.8 Å². The lowest BCUT2D eigenvalue weighted by atomic mass is 10.2. The molecule has 0 aliphatic heterocycles. The number of nitro groups is 1. The first-order valence-corrected chi connectivity index (χ1v) is 7.47. The normalized spacial score (nSPS) is 11.7. The van der Waals surface area contributed by atoms with Crippen LogP contribution in [0, 0.1) is 25.0 Å². The van der Waals surface area contributed by atoms with Gasteiger partial charge in [0.2, 0.25) is 5.75 Å². The highest BCUT2D eigenvalue weighted by molar-refractivity contribution is 14.1. The van der Waals surface area contributed by atoms with E-state index >= 15 is 0 Å². The van der Waals surface area contributed by atoms with Crippen LogP contribution in [0.5, 0.6) is 5.75 Å². The number of ether oxygens (including phenoxy) is 1. The Bertz CT molecular complexity index is 545. The van der Waals surface area contributed by atoms with Crippen LogP contribution >= 0.6 is 22.6 Å². The van der Waals surface area contributed by atoms with Crippen molar-refractivity contribution in [2.75, 3.05) is 19.7 Å². The molecule has 1 aromatic rings. The zero-order chi connectivity index (χ0) is 15.8. The molecule has 1 aromatic carbocycles. The summed E-state index contributed by atoms with van der Waals surface area (Å²) in [6.45, 7) is 3.10. The van der Waals surface area contributed by atoms with Crippen molar-refractivity contribution in [3.05, 3.63) is 31.4 Å². The van der Waals surface area contributed by atoms with Gasteiger partial charge in [-0.3, -0.25) is 10.1 Å². The minimum Gasteiger partial charge on any atom is -0.483 e. The molecule has 1 rings (SSSR count). The van der Waals surface area contributed by atoms with Gasteiger partial charge in [-0.1, -0.05) is 6.92 Å². The molecule has 0 heterocycles. The molecule has 7 nitrogen and oxygen atoms in total. The van der Waals surface area contributed by atoms with Crippen molar-refractivity contribution in [3.63, 3.8) is 0 Å². The van der Waals surface area contributed by atoms with Crippen molar-refractivity contribution in [1.82, 2.24) is 5.32 Å². The summed E-state index contributed by atoms with van der Waals surface area (Å²) < 4.78 is 5.84. The number of aliphatic hydroxyl groups excluding tert-OH is 1. The van der Waals surface area contributed by atoms with E-state index in [-0.39, 0.29) is 23.6 Å². The summed E-state index contributed by atoms with van der Waals surface area (Å²) in [5, 5.41) is 32.6. The quantitative estimate of drug-likeness (QED) is 0.296. The maximum Gasteiger partial charge on any atom is 0.313 e. The van der Waals surface area contributed by atoms with Gasteiger partial charge in [-0.05, 0) is 41.6 Å². The number of nitriles is 1. The van der Waals surface area contributed by atoms with E-state index in [1.165, 1.54) is 12.1 Å². The standard InChI is InChI=1S/C13H16IN3O4/c1-2-3-16-7-10(18)8-21-13-11(14)4-9(6-15)5-12(13)17(19)20/h4-5,10,16,18H,2-3,7-8H2,1H3. The molecule has 8 heteroatoms. The Kier molecular flexibility index (Phi) is 7.35. The van der Waals surface area contributed by atoms with Crippen LogP contribution < -0.4 is 10.1 Å². The number of halogens is 1. The van der Waals surface area contributed by atoms with Crippen LogP contribution in [-0.4, -0.2) is 35.8 Å². The molecule has 0 aromatic heterocycles. The van der Waals surface area contributed by atoms with E-state index in [1.54, 1.807) is 0 Å². The maximum atomic E-state index is 11.0. The van der Waals surface area contributed by atoms with E-state index in [1.807, 2.05) is 35.6 Å². The minimum atomic E-state index is -0.761. The fourth-order valence-electron chi connectivity index (χ4n) is 1.61. The Hall–Kier alpha value is -1.44. The number of hydrogen-bond acceptors (Lipinski definition) is 6. The molecule has 0 saturated heterocycles. The van der Waals surface area contributed by atoms with Crippen LogP contribution in [0.3, 0.4) is 0 Å². The van der Waals surface area contributed by atoms with Gasteiger partial charge in [-0.15, -0.1) is 0 Å². The molecular weight excluding hydrogens is 389 g/mol. The summed E-state index contributed by atoms with van der Waals surface area (Å²) in [4.78, 5) is 10.4. The molecule has 0 saturated carbocycles. The Balaban J connectivity index is 2.79. The predicted molar refractivity (Wildman–Crippen MR) is 85.2 cm³/mol. The van der Waals surface area contributed by atoms with Crippen LogP contribution in [0.2, 0.25) is 0 Å². The van der Waals surface area contributed by atoms with Crippen LogP contribution in [0.15, 0.2) is 12.1 Å². The number of nitrogens with one attached hydrogen (secondary N) is 1. The van der Waals surface area contributed by atoms with Crippen LogP contribution in [0.4, 0.5) is 5.69 Å². The van der Waals surface area contributed by atoms with Gasteiger partial charge in [0.05, 0.1) is 20.1 Å². The lowest BCUT2D eigenvalue weighted by molar-refractivity contribution is -0.386. The summed E-state index contributed by atoms with van der Waals surface area (Å²) in [5.74, 6) is 0.0779. The molecule has 0 fully saturated rings. The number of nitro benzene ring substituents is 1. The third kappa shape index (κ3) is 5.45. The Morgan fingerprint density at radius 3 is 2.90 bits per heavy atom. The Labute approximate surface area is 136 Å². The first-order chi connectivity index (χ1) is 9.99. The monoisotopic (exact) mass is 405 g/mol. The van der Waals surface area contributed by atoms with E-state index < -0.39 is 11.0 Å². The third-order valence-electron chi connectivity index (χ3n) is 2.58. The second kappa shape index (κ2) is 8.76. The second-order valence-corrected chi connectivity index (χ2v) is 5.51. The van der Waals surface area contributed by atoms with Crippen molar-refractivity contribution < 1.29 is 14.8 Å². The van der Waals surface area contributed by atoms with E-state index in [4.69, 9.17) is 10.00 Å². The number of benzene rings is 1. The zero-order valence-electron chi connectivity index (χ0n) is 11.5. The average molecular weight is 405 g/mol. The third-order valence-corrected chi connectivity index (χ3v) is 3.38. The van der Waals surface area contributed by atoms with Gasteiger partial charge in [0.1, 0.15) is 12.7 Å². The van der Waals surface area contributed by atoms with Gasteiger partial charge in [-0.2, -0.15) is 5.26 Å². The lowest BCUT2D eigenvalue weighted by Crippen LogP contribution is -2.32. The van der Waals surface area contributed by atoms with Crippen molar-refractivity contribution >= 4 is 28.3 Å². The molecule has 1 unspecified atom stereocenters. The van der Waals surface area contributed by atoms with Crippen LogP contribution in [-0.2, 0) is 0 Å². The fourth-order valence-corrected chi connectivity index (χ4v) is 2.37. The summed E-state index contributed by atoms with van der Waals surface area (Å²) in [5.41, 5.74) is -0.0734. The maximum absolute atomic E-state index is 11.0. The number of hydrogen-bond donors (Lipinski definition) is 2. The largest absolute Gasteiger partial charge is 0.483 e. The first-order valence-electron chi connectivity index (χ1n) is 6.39. The first kappa shape index (κ1) is 17.6. The van der Waals surface area contributed by atoms with Crippen LogP contribution in [0.25, 0.3) is 0 Å². The Morgan fingerprint density at radius 1 is 1.62 bits per heavy atom. The summed E-state index contributed by atoms with van der Waals surface area (Å²) in [6, 6.07) is 4.54. The molecule has 114 valence electrons. The van der Waals surface area contributed by atoms with E-state index in [2.05, 4.69) is 5.32 Å². The highest BCUT2D eigenvalue weighted by Crippen LogP contribution is 2.33. The van der Waals surface area contributed by atoms with Gasteiger partial charge in [0.15, 0.2) is 0 Å². The molecule has 0 amide bonds. The molecule has 0 aliphatic rings. The molecule has 0 aliphatic carbocycles. The van der Waals surface area contributed by atoms with Crippen molar-refractivity contribution in [2.45, 2.75) is 19.4 Å². The van der Waals surface area contributed by atoms with Crippen molar-refractivity contribution in [1.29, 1.82) is 5.26 Å². The fraction of sp³-hybridized carbons (Fsp3) is 0.462. The van der Waals surface area contributed by atoms with E-state index in [9.17, 15) is 15.2 Å². The van der Waals surface area contributed by atoms with Gasteiger partial charge in [0.25, 0.3) is 0 Å². The van der Waals surface area contributed by atoms with Gasteiger partial charge < -0.3 is 15.2 Å². The topological polar surface area (TPSA) is 108 Å². The second-order valence-electron chi connectivity index (χ2n) is 4.34. The highest BCUT2D eigenvalue weighted by Gasteiger charge is 2.21. The number of nitrogens with zero attached hydrogens (tertiary/aromatic N) is 2. The smallest absolute Gasteiger partial charge is 0.313 e. The van der Waals surface area contributed by atoms with Gasteiger partial charge >= 0.3 is 5.69 Å². The zero-order valence-corrected chi connectivity index (χ0v) is 13.7. The van der Waals surface area contributed by atoms with Gasteiger partial charge in [-0.25, -0.2) is 0 Å². The Morgan fingerprint density at radius 2 is 2.33 bits per heavy atom. The van der Waals surface area contributed by atoms with Crippen molar-refractivity contribution in [2.24, 2.45) is 0 Å². The van der Waals surface area contributed by atoms with E-state index in [0.29, 0.717) is 10.1 Å². The molecular formula is C13H16IN3O4. The van der Waals surface area contributed by atoms with Gasteiger partial charge in [0, 0.05) is 12.6 Å². The molecule has 0 bridgehead atoms. The molecule has 0 radical (unpaired) electrons. The molecule has 1 atom stereocenters.